The summed E-state index contributed by atoms with van der Waals surface area (Å²) in [6.07, 6.45) is 0. The molecule has 22 heavy (non-hydrogen) atoms. The van der Waals surface area contributed by atoms with Crippen molar-refractivity contribution in [3.8, 4) is 0 Å². The SMILES string of the molecule is c1ccc([CH2][Bi]([CH2]c2ccccc2)[CH2]c2ccccc2)cc1. The maximum absolute atomic E-state index is 2.29. The predicted octanol–water partition coefficient (Wildman–Crippen LogP) is 4.83. The summed E-state index contributed by atoms with van der Waals surface area (Å²) in [5.41, 5.74) is 4.56. The molecule has 0 heterocycles. The second-order valence-corrected chi connectivity index (χ2v) is 14.5. The Morgan fingerprint density at radius 2 is 0.682 bits per heavy atom. The molecule has 0 aliphatic rings. The Bertz CT molecular complexity index is 563. The van der Waals surface area contributed by atoms with Gasteiger partial charge >= 0.3 is 142 Å². The first-order chi connectivity index (χ1) is 10.9. The van der Waals surface area contributed by atoms with Gasteiger partial charge in [0.2, 0.25) is 0 Å². The van der Waals surface area contributed by atoms with Crippen LogP contribution in [0.3, 0.4) is 0 Å². The average molecular weight is 482 g/mol. The van der Waals surface area contributed by atoms with Crippen molar-refractivity contribution in [3.63, 3.8) is 0 Å². The zero-order valence-corrected chi connectivity index (χ0v) is 16.2. The Morgan fingerprint density at radius 1 is 0.409 bits per heavy atom. The van der Waals surface area contributed by atoms with Gasteiger partial charge in [0.25, 0.3) is 0 Å². The van der Waals surface area contributed by atoms with E-state index in [2.05, 4.69) is 91.0 Å². The topological polar surface area (TPSA) is 0 Å². The molecule has 0 saturated heterocycles. The molecule has 3 aromatic carbocycles. The Balaban J connectivity index is 1.75. The molecule has 110 valence electrons. The summed E-state index contributed by atoms with van der Waals surface area (Å²) in [5.74, 6) is 0. The van der Waals surface area contributed by atoms with Gasteiger partial charge in [0, 0.05) is 0 Å². The zero-order chi connectivity index (χ0) is 15.0. The molecule has 0 atom stereocenters. The third kappa shape index (κ3) is 4.78. The molecule has 0 aliphatic heterocycles. The first kappa shape index (κ1) is 15.4. The fraction of sp³-hybridized carbons (Fsp3) is 0.143. The van der Waals surface area contributed by atoms with Gasteiger partial charge in [-0.2, -0.15) is 0 Å². The van der Waals surface area contributed by atoms with E-state index in [1.54, 1.807) is 0 Å². The molecule has 0 saturated carbocycles. The average Bonchev–Trinajstić information content (AvgIpc) is 2.57. The van der Waals surface area contributed by atoms with Crippen LogP contribution in [0, 0.1) is 0 Å². The molecule has 3 aromatic rings. The molecule has 3 rings (SSSR count). The van der Waals surface area contributed by atoms with Crippen molar-refractivity contribution in [2.45, 2.75) is 12.4 Å². The van der Waals surface area contributed by atoms with Crippen LogP contribution in [0.15, 0.2) is 91.0 Å². The second-order valence-electron chi connectivity index (χ2n) is 5.60. The van der Waals surface area contributed by atoms with Crippen LogP contribution in [0.1, 0.15) is 16.7 Å². The van der Waals surface area contributed by atoms with E-state index in [9.17, 15) is 0 Å². The Labute approximate surface area is 141 Å². The molecule has 0 bridgehead atoms. The van der Waals surface area contributed by atoms with Crippen LogP contribution in [0.2, 0.25) is 0 Å². The van der Waals surface area contributed by atoms with Crippen molar-refractivity contribution < 1.29 is 0 Å². The normalized spacial score (nSPS) is 10.8. The molecular weight excluding hydrogens is 461 g/mol. The van der Waals surface area contributed by atoms with Crippen molar-refractivity contribution >= 4 is 21.8 Å². The molecular formula is C21H21Bi. The molecule has 0 amide bonds. The summed E-state index contributed by atoms with van der Waals surface area (Å²) < 4.78 is 4.00. The van der Waals surface area contributed by atoms with Gasteiger partial charge in [0.1, 0.15) is 0 Å². The van der Waals surface area contributed by atoms with E-state index in [0.717, 1.165) is 0 Å². The van der Waals surface area contributed by atoms with E-state index in [0.29, 0.717) is 0 Å². The predicted molar refractivity (Wildman–Crippen MR) is 96.2 cm³/mol. The maximum atomic E-state index is 2.29. The van der Waals surface area contributed by atoms with Crippen LogP contribution >= 0.6 is 0 Å². The molecule has 0 unspecified atom stereocenters. The van der Waals surface area contributed by atoms with Gasteiger partial charge in [-0.05, 0) is 0 Å². The first-order valence-electron chi connectivity index (χ1n) is 7.74. The van der Waals surface area contributed by atoms with E-state index < -0.39 is 21.8 Å². The molecule has 0 aliphatic carbocycles. The summed E-state index contributed by atoms with van der Waals surface area (Å²) >= 11 is -1.63. The van der Waals surface area contributed by atoms with Gasteiger partial charge in [-0.15, -0.1) is 0 Å². The molecule has 0 nitrogen and oxygen atoms in total. The number of hydrogen-bond donors (Lipinski definition) is 0. The summed E-state index contributed by atoms with van der Waals surface area (Å²) in [6.45, 7) is 0. The fourth-order valence-corrected chi connectivity index (χ4v) is 12.5. The van der Waals surface area contributed by atoms with Gasteiger partial charge < -0.3 is 0 Å². The van der Waals surface area contributed by atoms with Crippen molar-refractivity contribution in [2.75, 3.05) is 0 Å². The molecule has 0 radical (unpaired) electrons. The summed E-state index contributed by atoms with van der Waals surface area (Å²) in [5, 5.41) is 0. The second kappa shape index (κ2) is 8.25. The Kier molecular flexibility index (Phi) is 5.79. The molecule has 0 fully saturated rings. The summed E-state index contributed by atoms with van der Waals surface area (Å²) in [6, 6.07) is 33.1. The monoisotopic (exact) mass is 482 g/mol. The van der Waals surface area contributed by atoms with Crippen LogP contribution in [0.5, 0.6) is 0 Å². The summed E-state index contributed by atoms with van der Waals surface area (Å²) in [7, 11) is 0. The van der Waals surface area contributed by atoms with Crippen molar-refractivity contribution in [2.24, 2.45) is 0 Å². The number of hydrogen-bond acceptors (Lipinski definition) is 0. The van der Waals surface area contributed by atoms with Crippen LogP contribution in [-0.4, -0.2) is 21.8 Å². The van der Waals surface area contributed by atoms with Crippen LogP contribution in [0.25, 0.3) is 0 Å². The fourth-order valence-electron chi connectivity index (χ4n) is 2.69. The minimum atomic E-state index is -1.63. The van der Waals surface area contributed by atoms with Crippen LogP contribution in [-0.2, 0) is 12.4 Å². The van der Waals surface area contributed by atoms with E-state index in [4.69, 9.17) is 0 Å². The summed E-state index contributed by atoms with van der Waals surface area (Å²) in [4.78, 5) is 0. The van der Waals surface area contributed by atoms with E-state index in [-0.39, 0.29) is 0 Å². The molecule has 0 N–H and O–H groups in total. The number of rotatable bonds is 6. The van der Waals surface area contributed by atoms with Crippen LogP contribution < -0.4 is 0 Å². The standard InChI is InChI=1S/3C7H7.Bi/c3*1-7-5-3-2-4-6-7;/h3*2-6H,1H2;. The molecule has 0 spiro atoms. The third-order valence-corrected chi connectivity index (χ3v) is 13.2. The van der Waals surface area contributed by atoms with Gasteiger partial charge in [0.15, 0.2) is 0 Å². The van der Waals surface area contributed by atoms with Crippen molar-refractivity contribution in [3.05, 3.63) is 108 Å². The molecule has 1 heteroatoms. The van der Waals surface area contributed by atoms with Crippen LogP contribution in [0.4, 0.5) is 0 Å². The van der Waals surface area contributed by atoms with E-state index in [1.807, 2.05) is 0 Å². The minimum absolute atomic E-state index is 1.33. The van der Waals surface area contributed by atoms with Crippen molar-refractivity contribution in [1.29, 1.82) is 0 Å². The quantitative estimate of drug-likeness (QED) is 0.442. The van der Waals surface area contributed by atoms with E-state index in [1.165, 1.54) is 29.1 Å². The van der Waals surface area contributed by atoms with Gasteiger partial charge in [-0.25, -0.2) is 0 Å². The first-order valence-corrected chi connectivity index (χ1v) is 15.1. The Morgan fingerprint density at radius 3 is 0.955 bits per heavy atom. The van der Waals surface area contributed by atoms with Gasteiger partial charge in [-0.3, -0.25) is 0 Å². The van der Waals surface area contributed by atoms with Gasteiger partial charge in [-0.1, -0.05) is 0 Å². The van der Waals surface area contributed by atoms with E-state index >= 15 is 0 Å². The zero-order valence-electron chi connectivity index (χ0n) is 12.7. The molecule has 0 aromatic heterocycles. The number of benzene rings is 3. The van der Waals surface area contributed by atoms with Crippen molar-refractivity contribution in [1.82, 2.24) is 0 Å². The van der Waals surface area contributed by atoms with Gasteiger partial charge in [0.05, 0.1) is 0 Å². The Hall–Kier alpha value is -1.46. The third-order valence-electron chi connectivity index (χ3n) is 3.75.